The van der Waals surface area contributed by atoms with Gasteiger partial charge in [-0.1, -0.05) is 0 Å². The van der Waals surface area contributed by atoms with Crippen molar-refractivity contribution in [1.82, 2.24) is 9.97 Å². The molecule has 3 rings (SSSR count). The smallest absolute Gasteiger partial charge is 0.271 e. The Morgan fingerprint density at radius 2 is 2.05 bits per heavy atom. The maximum absolute atomic E-state index is 9.29. The van der Waals surface area contributed by atoms with Gasteiger partial charge in [-0.05, 0) is 30.8 Å². The molecule has 1 N–H and O–H groups in total. The molecule has 0 bridgehead atoms. The van der Waals surface area contributed by atoms with Gasteiger partial charge in [0.2, 0.25) is 5.88 Å². The molecule has 19 heavy (non-hydrogen) atoms. The van der Waals surface area contributed by atoms with E-state index in [-0.39, 0.29) is 12.6 Å². The van der Waals surface area contributed by atoms with Gasteiger partial charge in [-0.3, -0.25) is 0 Å². The van der Waals surface area contributed by atoms with Crippen molar-refractivity contribution in [3.05, 3.63) is 24.4 Å². The fourth-order valence-electron chi connectivity index (χ4n) is 2.45. The molecule has 1 aliphatic heterocycles. The molecule has 0 amide bonds. The van der Waals surface area contributed by atoms with E-state index in [9.17, 15) is 5.11 Å². The summed E-state index contributed by atoms with van der Waals surface area (Å²) in [5.41, 5.74) is 2.57. The fraction of sp³-hybridized carbons (Fsp3) is 0.308. The fourth-order valence-corrected chi connectivity index (χ4v) is 2.45. The summed E-state index contributed by atoms with van der Waals surface area (Å²) in [6.45, 7) is 1.98. The lowest BCUT2D eigenvalue weighted by molar-refractivity contribution is 0.453. The third-order valence-electron chi connectivity index (χ3n) is 3.56. The van der Waals surface area contributed by atoms with Crippen LogP contribution in [0.15, 0.2) is 24.4 Å². The Labute approximate surface area is 111 Å². The molecule has 1 fully saturated rings. The highest BCUT2D eigenvalue weighted by Crippen LogP contribution is 2.24. The number of aromatic hydroxyl groups is 1. The predicted molar refractivity (Wildman–Crippen MR) is 74.4 cm³/mol. The van der Waals surface area contributed by atoms with Crippen LogP contribution in [-0.4, -0.2) is 34.9 Å². The normalized spacial score (nSPS) is 15.5. The van der Waals surface area contributed by atoms with Crippen molar-refractivity contribution in [3.63, 3.8) is 0 Å². The van der Waals surface area contributed by atoms with Gasteiger partial charge >= 0.3 is 0 Å². The molecule has 2 aromatic rings. The van der Waals surface area contributed by atoms with Crippen molar-refractivity contribution in [1.29, 1.82) is 5.26 Å². The minimum Gasteiger partial charge on any atom is -0.492 e. The van der Waals surface area contributed by atoms with Gasteiger partial charge < -0.3 is 10.0 Å². The van der Waals surface area contributed by atoms with E-state index in [1.54, 1.807) is 0 Å². The molecule has 1 aliphatic rings. The van der Waals surface area contributed by atoms with Crippen molar-refractivity contribution in [3.8, 4) is 11.8 Å². The lowest BCUT2D eigenvalue weighted by atomic mass is 9.45. The van der Waals surface area contributed by atoms with Crippen LogP contribution in [0.25, 0.3) is 11.0 Å². The number of anilines is 1. The maximum atomic E-state index is 9.29. The quantitative estimate of drug-likeness (QED) is 0.782. The van der Waals surface area contributed by atoms with Crippen LogP contribution in [0.5, 0.6) is 5.88 Å². The Morgan fingerprint density at radius 1 is 1.26 bits per heavy atom. The average molecular weight is 252 g/mol. The second kappa shape index (κ2) is 4.77. The van der Waals surface area contributed by atoms with E-state index >= 15 is 0 Å². The monoisotopic (exact) mass is 252 g/mol. The number of nitrogens with zero attached hydrogens (tertiary/aromatic N) is 4. The molecule has 2 heterocycles. The van der Waals surface area contributed by atoms with E-state index in [2.05, 4.69) is 20.8 Å². The Hall–Kier alpha value is -2.29. The number of fused-ring (bicyclic) bond motifs is 1. The molecule has 0 unspecified atom stereocenters. The molecule has 94 valence electrons. The number of hydrogen-bond donors (Lipinski definition) is 1. The molecule has 5 nitrogen and oxygen atoms in total. The SMILES string of the molecule is N#CB1CCN(c2ccc3nc(O)cnc3c2)CC1. The third kappa shape index (κ3) is 2.32. The van der Waals surface area contributed by atoms with E-state index in [1.807, 2.05) is 18.2 Å². The molecule has 1 saturated heterocycles. The van der Waals surface area contributed by atoms with Gasteiger partial charge in [-0.25, -0.2) is 15.2 Å². The summed E-state index contributed by atoms with van der Waals surface area (Å²) in [6, 6.07) is 5.84. The molecule has 0 atom stereocenters. The molecule has 1 aromatic heterocycles. The van der Waals surface area contributed by atoms with Crippen molar-refractivity contribution in [2.45, 2.75) is 12.6 Å². The van der Waals surface area contributed by atoms with Crippen LogP contribution < -0.4 is 4.90 Å². The van der Waals surface area contributed by atoms with Crippen LogP contribution in [0.2, 0.25) is 12.6 Å². The van der Waals surface area contributed by atoms with Crippen molar-refractivity contribution in [2.75, 3.05) is 18.0 Å². The predicted octanol–water partition coefficient (Wildman–Crippen LogP) is 1.71. The Morgan fingerprint density at radius 3 is 2.79 bits per heavy atom. The standard InChI is InChI=1S/C13H13BN4O/c15-9-14-3-5-18(6-4-14)10-1-2-11-12(7-10)16-8-13(19)17-11/h1-2,7-8H,3-6H2,(H,17,19). The van der Waals surface area contributed by atoms with Crippen LogP contribution in [0.3, 0.4) is 0 Å². The van der Waals surface area contributed by atoms with Crippen molar-refractivity contribution < 1.29 is 5.11 Å². The largest absolute Gasteiger partial charge is 0.492 e. The number of nitriles is 1. The van der Waals surface area contributed by atoms with E-state index in [0.717, 1.165) is 36.9 Å². The lowest BCUT2D eigenvalue weighted by Crippen LogP contribution is -2.36. The maximum Gasteiger partial charge on any atom is 0.271 e. The molecule has 0 saturated carbocycles. The van der Waals surface area contributed by atoms with Gasteiger partial charge in [0.15, 0.2) is 0 Å². The van der Waals surface area contributed by atoms with Gasteiger partial charge in [-0.2, -0.15) is 0 Å². The number of benzene rings is 1. The second-order valence-corrected chi connectivity index (χ2v) is 4.79. The topological polar surface area (TPSA) is 73.0 Å². The van der Waals surface area contributed by atoms with E-state index in [4.69, 9.17) is 5.26 Å². The summed E-state index contributed by atoms with van der Waals surface area (Å²) >= 11 is 0. The first-order chi connectivity index (χ1) is 9.26. The highest BCUT2D eigenvalue weighted by Gasteiger charge is 2.22. The second-order valence-electron chi connectivity index (χ2n) is 4.79. The van der Waals surface area contributed by atoms with Gasteiger partial charge in [0.05, 0.1) is 17.2 Å². The van der Waals surface area contributed by atoms with E-state index in [1.165, 1.54) is 6.20 Å². The van der Waals surface area contributed by atoms with Crippen LogP contribution in [0.1, 0.15) is 0 Å². The summed E-state index contributed by atoms with van der Waals surface area (Å²) < 4.78 is 0. The molecule has 1 aromatic carbocycles. The van der Waals surface area contributed by atoms with Gasteiger partial charge in [0.25, 0.3) is 6.71 Å². The van der Waals surface area contributed by atoms with Gasteiger partial charge in [0, 0.05) is 24.7 Å². The van der Waals surface area contributed by atoms with E-state index < -0.39 is 0 Å². The first kappa shape index (κ1) is 11.8. The highest BCUT2D eigenvalue weighted by atomic mass is 16.3. The minimum absolute atomic E-state index is 0.0601. The summed E-state index contributed by atoms with van der Waals surface area (Å²) in [6.07, 6.45) is 3.18. The molecule has 0 spiro atoms. The summed E-state index contributed by atoms with van der Waals surface area (Å²) in [7, 11) is 0. The Kier molecular flexibility index (Phi) is 2.96. The first-order valence-corrected chi connectivity index (χ1v) is 6.36. The van der Waals surface area contributed by atoms with Gasteiger partial charge in [-0.15, -0.1) is 0 Å². The third-order valence-corrected chi connectivity index (χ3v) is 3.56. The first-order valence-electron chi connectivity index (χ1n) is 6.36. The minimum atomic E-state index is -0.0601. The molecule has 0 radical (unpaired) electrons. The van der Waals surface area contributed by atoms with Crippen LogP contribution in [-0.2, 0) is 0 Å². The Bertz CT molecular complexity index is 647. The van der Waals surface area contributed by atoms with Gasteiger partial charge in [0.1, 0.15) is 0 Å². The Balaban J connectivity index is 1.86. The van der Waals surface area contributed by atoms with Crippen LogP contribution in [0.4, 0.5) is 5.69 Å². The zero-order chi connectivity index (χ0) is 13.2. The van der Waals surface area contributed by atoms with Crippen molar-refractivity contribution >= 4 is 23.4 Å². The number of rotatable bonds is 1. The highest BCUT2D eigenvalue weighted by molar-refractivity contribution is 6.67. The average Bonchev–Trinajstić information content (AvgIpc) is 2.47. The molecule has 6 heteroatoms. The van der Waals surface area contributed by atoms with Crippen molar-refractivity contribution in [2.24, 2.45) is 0 Å². The summed E-state index contributed by atoms with van der Waals surface area (Å²) in [4.78, 5) is 10.5. The van der Waals surface area contributed by atoms with Crippen LogP contribution >= 0.6 is 0 Å². The molecular weight excluding hydrogens is 239 g/mol. The molecular formula is C13H13BN4O. The number of aromatic nitrogens is 2. The number of hydrogen-bond acceptors (Lipinski definition) is 5. The summed E-state index contributed by atoms with van der Waals surface area (Å²) in [5.74, 6) is 2.27. The zero-order valence-corrected chi connectivity index (χ0v) is 10.5. The van der Waals surface area contributed by atoms with E-state index in [0.29, 0.717) is 5.52 Å². The summed E-state index contributed by atoms with van der Waals surface area (Å²) in [5, 5.41) is 18.2. The van der Waals surface area contributed by atoms with Crippen LogP contribution in [0, 0.1) is 11.2 Å². The zero-order valence-electron chi connectivity index (χ0n) is 10.5. The lowest BCUT2D eigenvalue weighted by Gasteiger charge is -2.30. The molecule has 0 aliphatic carbocycles.